The van der Waals surface area contributed by atoms with Crippen molar-refractivity contribution in [2.24, 2.45) is 39.5 Å². The zero-order chi connectivity index (χ0) is 15.5. The molecule has 4 aliphatic rings. The molecule has 0 bridgehead atoms. The van der Waals surface area contributed by atoms with Gasteiger partial charge < -0.3 is 10.9 Å². The van der Waals surface area contributed by atoms with Gasteiger partial charge in [-0.25, -0.2) is 0 Å². The Morgan fingerprint density at radius 2 is 1.86 bits per heavy atom. The molecule has 3 fully saturated rings. The first-order valence-corrected chi connectivity index (χ1v) is 9.14. The van der Waals surface area contributed by atoms with E-state index in [2.05, 4.69) is 25.0 Å². The molecule has 0 aromatic heterocycles. The monoisotopic (exact) mass is 302 g/mol. The fourth-order valence-electron chi connectivity index (χ4n) is 6.64. The number of fused-ring (bicyclic) bond motifs is 5. The highest BCUT2D eigenvalue weighted by molar-refractivity contribution is 5.92. The van der Waals surface area contributed by atoms with Crippen LogP contribution in [0.4, 0.5) is 0 Å². The van der Waals surface area contributed by atoms with Crippen molar-refractivity contribution < 1.29 is 5.11 Å². The average Bonchev–Trinajstić information content (AvgIpc) is 2.84. The van der Waals surface area contributed by atoms with Crippen molar-refractivity contribution in [3.05, 3.63) is 11.6 Å². The molecule has 0 amide bonds. The molecule has 122 valence electrons. The summed E-state index contributed by atoms with van der Waals surface area (Å²) in [5, 5.41) is 14.2. The van der Waals surface area contributed by atoms with Gasteiger partial charge in [-0.05, 0) is 74.5 Å². The van der Waals surface area contributed by atoms with Gasteiger partial charge in [-0.1, -0.05) is 25.5 Å². The minimum Gasteiger partial charge on any atom is -0.393 e. The van der Waals surface area contributed by atoms with Crippen LogP contribution in [0.5, 0.6) is 0 Å². The first-order chi connectivity index (χ1) is 10.5. The summed E-state index contributed by atoms with van der Waals surface area (Å²) in [4.78, 5) is 0. The van der Waals surface area contributed by atoms with Gasteiger partial charge in [0.25, 0.3) is 0 Å². The Balaban J connectivity index is 1.69. The second kappa shape index (κ2) is 4.83. The summed E-state index contributed by atoms with van der Waals surface area (Å²) in [6, 6.07) is 0. The van der Waals surface area contributed by atoms with Crippen molar-refractivity contribution in [1.82, 2.24) is 0 Å². The number of aliphatic hydroxyl groups excluding tert-OH is 1. The van der Waals surface area contributed by atoms with Gasteiger partial charge >= 0.3 is 0 Å². The molecule has 3 heteroatoms. The van der Waals surface area contributed by atoms with Crippen LogP contribution >= 0.6 is 0 Å². The number of hydrogen-bond donors (Lipinski definition) is 2. The van der Waals surface area contributed by atoms with E-state index in [1.165, 1.54) is 37.8 Å². The second-order valence-electron chi connectivity index (χ2n) is 8.73. The molecule has 0 unspecified atom stereocenters. The maximum Gasteiger partial charge on any atom is 0.0577 e. The Morgan fingerprint density at radius 1 is 1.14 bits per heavy atom. The zero-order valence-corrected chi connectivity index (χ0v) is 14.0. The van der Waals surface area contributed by atoms with E-state index in [4.69, 9.17) is 5.84 Å². The standard InChI is InChI=1S/C19H30N2O/c1-18-9-7-13(22)11-12(18)3-4-14-15-5-6-17(21-20)19(15,2)10-8-16(14)18/h3,13-16,22H,4-11,20H2,1-2H3/t13-,14-,15-,16-,18-,19-/m0/s1. The largest absolute Gasteiger partial charge is 0.393 e. The molecule has 0 radical (unpaired) electrons. The van der Waals surface area contributed by atoms with Gasteiger partial charge in [-0.3, -0.25) is 0 Å². The number of nitrogens with zero attached hydrogens (tertiary/aromatic N) is 1. The summed E-state index contributed by atoms with van der Waals surface area (Å²) in [5.41, 5.74) is 3.43. The summed E-state index contributed by atoms with van der Waals surface area (Å²) in [5.74, 6) is 8.04. The first kappa shape index (κ1) is 14.7. The molecular formula is C19H30N2O. The van der Waals surface area contributed by atoms with Crippen LogP contribution in [-0.4, -0.2) is 16.9 Å². The lowest BCUT2D eigenvalue weighted by Gasteiger charge is -2.57. The van der Waals surface area contributed by atoms with Gasteiger partial charge in [-0.2, -0.15) is 5.10 Å². The molecule has 0 aliphatic heterocycles. The third kappa shape index (κ3) is 1.81. The molecule has 0 aromatic rings. The SMILES string of the molecule is C[C@]12CC[C@H](O)CC1=CC[C@@H]1[C@@H]2CC[C@]2(C)C(=NN)CC[C@@H]12. The number of aliphatic hydroxyl groups is 1. The van der Waals surface area contributed by atoms with E-state index in [1.54, 1.807) is 5.57 Å². The lowest BCUT2D eigenvalue weighted by molar-refractivity contribution is -0.0209. The van der Waals surface area contributed by atoms with Crippen LogP contribution < -0.4 is 5.84 Å². The molecule has 4 aliphatic carbocycles. The van der Waals surface area contributed by atoms with Crippen LogP contribution in [0.25, 0.3) is 0 Å². The summed E-state index contributed by atoms with van der Waals surface area (Å²) >= 11 is 0. The van der Waals surface area contributed by atoms with Crippen LogP contribution in [-0.2, 0) is 0 Å². The van der Waals surface area contributed by atoms with E-state index in [-0.39, 0.29) is 11.5 Å². The van der Waals surface area contributed by atoms with Gasteiger partial charge in [0.05, 0.1) is 6.10 Å². The maximum atomic E-state index is 10.0. The molecule has 6 atom stereocenters. The topological polar surface area (TPSA) is 58.6 Å². The lowest BCUT2D eigenvalue weighted by atomic mass is 9.48. The van der Waals surface area contributed by atoms with Crippen LogP contribution in [0.3, 0.4) is 0 Å². The molecule has 3 saturated carbocycles. The van der Waals surface area contributed by atoms with Gasteiger partial charge in [0.2, 0.25) is 0 Å². The van der Waals surface area contributed by atoms with Crippen molar-refractivity contribution in [1.29, 1.82) is 0 Å². The van der Waals surface area contributed by atoms with E-state index >= 15 is 0 Å². The summed E-state index contributed by atoms with van der Waals surface area (Å²) < 4.78 is 0. The van der Waals surface area contributed by atoms with Gasteiger partial charge in [0.1, 0.15) is 0 Å². The third-order valence-corrected chi connectivity index (χ3v) is 7.97. The molecule has 0 heterocycles. The van der Waals surface area contributed by atoms with Crippen molar-refractivity contribution in [2.75, 3.05) is 0 Å². The molecule has 0 spiro atoms. The Morgan fingerprint density at radius 3 is 2.64 bits per heavy atom. The smallest absolute Gasteiger partial charge is 0.0577 e. The molecule has 0 aromatic carbocycles. The molecular weight excluding hydrogens is 272 g/mol. The van der Waals surface area contributed by atoms with E-state index in [0.29, 0.717) is 5.41 Å². The molecule has 0 saturated heterocycles. The summed E-state index contributed by atoms with van der Waals surface area (Å²) in [6.45, 7) is 4.90. The Kier molecular flexibility index (Phi) is 3.24. The maximum absolute atomic E-state index is 10.0. The minimum absolute atomic E-state index is 0.104. The Hall–Kier alpha value is -0.830. The van der Waals surface area contributed by atoms with E-state index in [0.717, 1.165) is 37.0 Å². The highest BCUT2D eigenvalue weighted by Crippen LogP contribution is 2.64. The van der Waals surface area contributed by atoms with Crippen molar-refractivity contribution >= 4 is 5.71 Å². The third-order valence-electron chi connectivity index (χ3n) is 7.97. The van der Waals surface area contributed by atoms with Crippen molar-refractivity contribution in [2.45, 2.75) is 71.3 Å². The van der Waals surface area contributed by atoms with Crippen molar-refractivity contribution in [3.8, 4) is 0 Å². The number of hydrogen-bond acceptors (Lipinski definition) is 3. The van der Waals surface area contributed by atoms with Gasteiger partial charge in [0.15, 0.2) is 0 Å². The predicted molar refractivity (Wildman–Crippen MR) is 89.3 cm³/mol. The summed E-state index contributed by atoms with van der Waals surface area (Å²) in [7, 11) is 0. The first-order valence-electron chi connectivity index (χ1n) is 9.14. The van der Waals surface area contributed by atoms with Gasteiger partial charge in [0, 0.05) is 11.1 Å². The quantitative estimate of drug-likeness (QED) is 0.408. The van der Waals surface area contributed by atoms with Crippen LogP contribution in [0.1, 0.15) is 65.2 Å². The Labute approximate surface area is 134 Å². The number of hydrazone groups is 1. The van der Waals surface area contributed by atoms with Crippen molar-refractivity contribution in [3.63, 3.8) is 0 Å². The highest BCUT2D eigenvalue weighted by Gasteiger charge is 2.57. The number of rotatable bonds is 0. The fourth-order valence-corrected chi connectivity index (χ4v) is 6.64. The number of nitrogens with two attached hydrogens (primary N) is 1. The summed E-state index contributed by atoms with van der Waals surface area (Å²) in [6.07, 6.45) is 11.6. The fraction of sp³-hybridized carbons (Fsp3) is 0.842. The normalized spacial score (nSPS) is 52.7. The van der Waals surface area contributed by atoms with Gasteiger partial charge in [-0.15, -0.1) is 0 Å². The Bertz CT molecular complexity index is 540. The molecule has 22 heavy (non-hydrogen) atoms. The minimum atomic E-state index is -0.104. The van der Waals surface area contributed by atoms with Crippen LogP contribution in [0.15, 0.2) is 16.8 Å². The lowest BCUT2D eigenvalue weighted by Crippen LogP contribution is -2.50. The molecule has 4 rings (SSSR count). The number of allylic oxidation sites excluding steroid dienone is 1. The molecule has 3 nitrogen and oxygen atoms in total. The second-order valence-corrected chi connectivity index (χ2v) is 8.73. The van der Waals surface area contributed by atoms with E-state index in [9.17, 15) is 5.11 Å². The van der Waals surface area contributed by atoms with E-state index in [1.807, 2.05) is 0 Å². The highest BCUT2D eigenvalue weighted by atomic mass is 16.3. The van der Waals surface area contributed by atoms with Crippen LogP contribution in [0.2, 0.25) is 0 Å². The zero-order valence-electron chi connectivity index (χ0n) is 14.0. The average molecular weight is 302 g/mol. The van der Waals surface area contributed by atoms with E-state index < -0.39 is 0 Å². The predicted octanol–water partition coefficient (Wildman–Crippen LogP) is 3.62. The van der Waals surface area contributed by atoms with Crippen LogP contribution in [0, 0.1) is 28.6 Å². The molecule has 3 N–H and O–H groups in total.